The summed E-state index contributed by atoms with van der Waals surface area (Å²) in [6, 6.07) is 3.46. The molecule has 0 aliphatic heterocycles. The van der Waals surface area contributed by atoms with Crippen LogP contribution in [0.2, 0.25) is 10.0 Å². The lowest BCUT2D eigenvalue weighted by atomic mass is 10.3. The average molecular weight is 301 g/mol. The molecule has 0 spiro atoms. The van der Waals surface area contributed by atoms with Crippen molar-refractivity contribution in [2.24, 2.45) is 0 Å². The molecule has 6 heteroatoms. The molecule has 0 aliphatic carbocycles. The quantitative estimate of drug-likeness (QED) is 0.914. The second-order valence-corrected chi connectivity index (χ2v) is 5.14. The Hall–Kier alpha value is -1.26. The Morgan fingerprint density at radius 3 is 2.68 bits per heavy atom. The van der Waals surface area contributed by atoms with Crippen LogP contribution in [-0.4, -0.2) is 20.6 Å². The zero-order valence-corrected chi connectivity index (χ0v) is 12.0. The fourth-order valence-electron chi connectivity index (χ4n) is 2.04. The van der Waals surface area contributed by atoms with Gasteiger partial charge in [0.25, 0.3) is 0 Å². The first kappa shape index (κ1) is 14.2. The van der Waals surface area contributed by atoms with Crippen molar-refractivity contribution < 1.29 is 9.90 Å². The van der Waals surface area contributed by atoms with Crippen molar-refractivity contribution in [3.05, 3.63) is 28.0 Å². The van der Waals surface area contributed by atoms with E-state index in [0.29, 0.717) is 16.6 Å². The number of halogens is 2. The van der Waals surface area contributed by atoms with E-state index in [2.05, 4.69) is 11.9 Å². The second-order valence-electron chi connectivity index (χ2n) is 4.33. The molecule has 0 saturated heterocycles. The summed E-state index contributed by atoms with van der Waals surface area (Å²) in [5.74, 6) is 0.0430. The molecule has 2 aromatic rings. The molecule has 19 heavy (non-hydrogen) atoms. The van der Waals surface area contributed by atoms with Crippen LogP contribution in [0.3, 0.4) is 0 Å². The molecule has 1 heterocycles. The van der Waals surface area contributed by atoms with Gasteiger partial charge in [-0.05, 0) is 18.6 Å². The van der Waals surface area contributed by atoms with Gasteiger partial charge in [-0.2, -0.15) is 0 Å². The Morgan fingerprint density at radius 2 is 2.05 bits per heavy atom. The van der Waals surface area contributed by atoms with E-state index in [1.807, 2.05) is 4.57 Å². The minimum atomic E-state index is -0.829. The van der Waals surface area contributed by atoms with Crippen LogP contribution >= 0.6 is 23.2 Å². The third-order valence-corrected chi connectivity index (χ3v) is 3.61. The van der Waals surface area contributed by atoms with Crippen LogP contribution in [0.25, 0.3) is 11.0 Å². The largest absolute Gasteiger partial charge is 0.481 e. The molecule has 102 valence electrons. The third kappa shape index (κ3) is 3.01. The molecule has 1 N–H and O–H groups in total. The van der Waals surface area contributed by atoms with Crippen molar-refractivity contribution in [1.29, 1.82) is 0 Å². The average Bonchev–Trinajstić information content (AvgIpc) is 2.65. The number of aryl methyl sites for hydroxylation is 2. The number of imidazole rings is 1. The van der Waals surface area contributed by atoms with E-state index in [1.165, 1.54) is 0 Å². The number of fused-ring (bicyclic) bond motifs is 1. The van der Waals surface area contributed by atoms with Crippen LogP contribution in [0.4, 0.5) is 0 Å². The van der Waals surface area contributed by atoms with E-state index < -0.39 is 5.97 Å². The molecule has 0 radical (unpaired) electrons. The Bertz CT molecular complexity index is 623. The molecule has 0 saturated carbocycles. The maximum absolute atomic E-state index is 10.7. The van der Waals surface area contributed by atoms with E-state index in [4.69, 9.17) is 28.3 Å². The number of benzene rings is 1. The number of carbonyl (C=O) groups is 1. The van der Waals surface area contributed by atoms with Crippen LogP contribution in [-0.2, 0) is 17.8 Å². The fraction of sp³-hybridized carbons (Fsp3) is 0.385. The van der Waals surface area contributed by atoms with E-state index >= 15 is 0 Å². The Balaban J connectivity index is 2.51. The number of aliphatic carboxylic acids is 1. The summed E-state index contributed by atoms with van der Waals surface area (Å²) in [6.07, 6.45) is 1.80. The van der Waals surface area contributed by atoms with Gasteiger partial charge in [-0.1, -0.05) is 30.1 Å². The van der Waals surface area contributed by atoms with Gasteiger partial charge in [0.15, 0.2) is 0 Å². The van der Waals surface area contributed by atoms with Gasteiger partial charge in [-0.3, -0.25) is 4.79 Å². The number of carboxylic acids is 1. The number of aromatic nitrogens is 2. The molecular weight excluding hydrogens is 287 g/mol. The van der Waals surface area contributed by atoms with Gasteiger partial charge in [-0.15, -0.1) is 0 Å². The highest BCUT2D eigenvalue weighted by Crippen LogP contribution is 2.28. The molecule has 0 aliphatic rings. The smallest absolute Gasteiger partial charge is 0.305 e. The summed E-state index contributed by atoms with van der Waals surface area (Å²) in [6.45, 7) is 2.44. The highest BCUT2D eigenvalue weighted by atomic mass is 35.5. The van der Waals surface area contributed by atoms with Gasteiger partial charge in [0.2, 0.25) is 0 Å². The van der Waals surface area contributed by atoms with Gasteiger partial charge in [-0.25, -0.2) is 4.98 Å². The summed E-state index contributed by atoms with van der Waals surface area (Å²) in [4.78, 5) is 15.2. The van der Waals surface area contributed by atoms with Crippen molar-refractivity contribution in [2.45, 2.75) is 32.7 Å². The van der Waals surface area contributed by atoms with Crippen LogP contribution < -0.4 is 0 Å². The standard InChI is InChI=1S/C13H14Cl2N2O2/c1-2-3-12-16-10-6-8(14)9(15)7-11(10)17(12)5-4-13(18)19/h6-7H,2-5H2,1H3,(H,18,19). The van der Waals surface area contributed by atoms with Crippen LogP contribution in [0.15, 0.2) is 12.1 Å². The molecule has 0 amide bonds. The van der Waals surface area contributed by atoms with Gasteiger partial charge in [0.1, 0.15) is 5.82 Å². The van der Waals surface area contributed by atoms with E-state index in [0.717, 1.165) is 29.7 Å². The lowest BCUT2D eigenvalue weighted by Gasteiger charge is -2.07. The molecule has 0 bridgehead atoms. The van der Waals surface area contributed by atoms with Crippen molar-refractivity contribution in [3.8, 4) is 0 Å². The molecule has 4 nitrogen and oxygen atoms in total. The van der Waals surface area contributed by atoms with Crippen LogP contribution in [0, 0.1) is 0 Å². The van der Waals surface area contributed by atoms with Gasteiger partial charge in [0, 0.05) is 13.0 Å². The van der Waals surface area contributed by atoms with Crippen molar-refractivity contribution in [3.63, 3.8) is 0 Å². The van der Waals surface area contributed by atoms with Crippen molar-refractivity contribution in [1.82, 2.24) is 9.55 Å². The zero-order valence-electron chi connectivity index (χ0n) is 10.5. The lowest BCUT2D eigenvalue weighted by molar-refractivity contribution is -0.137. The predicted molar refractivity (Wildman–Crippen MR) is 76.0 cm³/mol. The second kappa shape index (κ2) is 5.80. The highest BCUT2D eigenvalue weighted by molar-refractivity contribution is 6.42. The minimum absolute atomic E-state index is 0.0580. The maximum atomic E-state index is 10.7. The number of hydrogen-bond acceptors (Lipinski definition) is 2. The Morgan fingerprint density at radius 1 is 1.37 bits per heavy atom. The highest BCUT2D eigenvalue weighted by Gasteiger charge is 2.13. The van der Waals surface area contributed by atoms with Crippen LogP contribution in [0.1, 0.15) is 25.6 Å². The molecule has 1 aromatic heterocycles. The SMILES string of the molecule is CCCc1nc2cc(Cl)c(Cl)cc2n1CCC(=O)O. The molecular formula is C13H14Cl2N2O2. The molecule has 0 fully saturated rings. The Labute approximate surface area is 121 Å². The summed E-state index contributed by atoms with van der Waals surface area (Å²) in [7, 11) is 0. The van der Waals surface area contributed by atoms with Gasteiger partial charge < -0.3 is 9.67 Å². The molecule has 0 unspecified atom stereocenters. The fourth-order valence-corrected chi connectivity index (χ4v) is 2.36. The van der Waals surface area contributed by atoms with E-state index in [1.54, 1.807) is 12.1 Å². The summed E-state index contributed by atoms with van der Waals surface area (Å²) in [5, 5.41) is 9.73. The third-order valence-electron chi connectivity index (χ3n) is 2.89. The summed E-state index contributed by atoms with van der Waals surface area (Å²) < 4.78 is 1.91. The monoisotopic (exact) mass is 300 g/mol. The molecule has 1 aromatic carbocycles. The first-order valence-corrected chi connectivity index (χ1v) is 6.84. The Kier molecular flexibility index (Phi) is 4.32. The number of hydrogen-bond donors (Lipinski definition) is 1. The lowest BCUT2D eigenvalue weighted by Crippen LogP contribution is -2.08. The minimum Gasteiger partial charge on any atom is -0.481 e. The molecule has 2 rings (SSSR count). The zero-order chi connectivity index (χ0) is 14.0. The van der Waals surface area contributed by atoms with Gasteiger partial charge in [0.05, 0.1) is 27.5 Å². The predicted octanol–water partition coefficient (Wildman–Crippen LogP) is 3.77. The first-order chi connectivity index (χ1) is 9.02. The summed E-state index contributed by atoms with van der Waals surface area (Å²) >= 11 is 12.0. The maximum Gasteiger partial charge on any atom is 0.305 e. The van der Waals surface area contributed by atoms with E-state index in [9.17, 15) is 4.79 Å². The number of rotatable bonds is 5. The number of nitrogens with zero attached hydrogens (tertiary/aromatic N) is 2. The molecule has 0 atom stereocenters. The number of carboxylic acid groups (broad SMARTS) is 1. The van der Waals surface area contributed by atoms with Crippen molar-refractivity contribution >= 4 is 40.2 Å². The normalized spacial score (nSPS) is 11.1. The first-order valence-electron chi connectivity index (χ1n) is 6.09. The van der Waals surface area contributed by atoms with Crippen LogP contribution in [0.5, 0.6) is 0 Å². The topological polar surface area (TPSA) is 55.1 Å². The van der Waals surface area contributed by atoms with Crippen molar-refractivity contribution in [2.75, 3.05) is 0 Å². The summed E-state index contributed by atoms with van der Waals surface area (Å²) in [5.41, 5.74) is 1.59. The van der Waals surface area contributed by atoms with Gasteiger partial charge >= 0.3 is 5.97 Å². The van der Waals surface area contributed by atoms with E-state index in [-0.39, 0.29) is 6.42 Å².